The van der Waals surface area contributed by atoms with E-state index in [1.807, 2.05) is 20.8 Å². The molecule has 0 saturated carbocycles. The molecule has 1 aliphatic rings. The van der Waals surface area contributed by atoms with E-state index in [1.165, 1.54) is 12.1 Å². The zero-order chi connectivity index (χ0) is 19.3. The summed E-state index contributed by atoms with van der Waals surface area (Å²) in [5, 5.41) is 0. The molecule has 1 amide bonds. The molecule has 0 spiro atoms. The zero-order valence-corrected chi connectivity index (χ0v) is 17.1. The van der Waals surface area contributed by atoms with Crippen LogP contribution in [0.3, 0.4) is 0 Å². The first-order valence-electron chi connectivity index (χ1n) is 8.91. The number of carbonyl (C=O) groups is 1. The van der Waals surface area contributed by atoms with Gasteiger partial charge in [0.25, 0.3) is 0 Å². The molecule has 1 aromatic carbocycles. The third-order valence-electron chi connectivity index (χ3n) is 4.28. The SMILES string of the molecule is CC(C)(C)OC(=O)N1CCC(CCCOc2ccc(Br)c(F)c2F)CC1. The molecule has 0 aliphatic carbocycles. The van der Waals surface area contributed by atoms with Crippen LogP contribution in [0, 0.1) is 17.6 Å². The zero-order valence-electron chi connectivity index (χ0n) is 15.5. The Morgan fingerprint density at radius 3 is 2.50 bits per heavy atom. The highest BCUT2D eigenvalue weighted by molar-refractivity contribution is 9.10. The number of likely N-dealkylation sites (tertiary alicyclic amines) is 1. The Kier molecular flexibility index (Phi) is 7.26. The van der Waals surface area contributed by atoms with Crippen LogP contribution in [0.5, 0.6) is 5.75 Å². The first-order chi connectivity index (χ1) is 12.2. The highest BCUT2D eigenvalue weighted by Crippen LogP contribution is 2.27. The Balaban J connectivity index is 1.68. The van der Waals surface area contributed by atoms with Gasteiger partial charge in [0.15, 0.2) is 11.6 Å². The first-order valence-corrected chi connectivity index (χ1v) is 9.71. The molecule has 1 saturated heterocycles. The summed E-state index contributed by atoms with van der Waals surface area (Å²) in [6, 6.07) is 2.85. The molecule has 26 heavy (non-hydrogen) atoms. The smallest absolute Gasteiger partial charge is 0.410 e. The van der Waals surface area contributed by atoms with Gasteiger partial charge in [0.1, 0.15) is 5.60 Å². The minimum atomic E-state index is -0.968. The van der Waals surface area contributed by atoms with Crippen LogP contribution in [0.1, 0.15) is 46.5 Å². The van der Waals surface area contributed by atoms with Crippen molar-refractivity contribution < 1.29 is 23.0 Å². The molecule has 1 aromatic rings. The van der Waals surface area contributed by atoms with Crippen LogP contribution in [0.4, 0.5) is 13.6 Å². The maximum absolute atomic E-state index is 13.7. The fourth-order valence-corrected chi connectivity index (χ4v) is 3.21. The predicted molar refractivity (Wildman–Crippen MR) is 99.3 cm³/mol. The Hall–Kier alpha value is -1.37. The molecule has 0 atom stereocenters. The average molecular weight is 434 g/mol. The number of hydrogen-bond acceptors (Lipinski definition) is 3. The molecule has 0 aromatic heterocycles. The standard InChI is InChI=1S/C19H26BrF2NO3/c1-19(2,3)26-18(24)23-10-8-13(9-11-23)5-4-12-25-15-7-6-14(20)16(21)17(15)22/h6-7,13H,4-5,8-12H2,1-3H3. The number of benzene rings is 1. The van der Waals surface area contributed by atoms with Crippen molar-refractivity contribution in [3.63, 3.8) is 0 Å². The highest BCUT2D eigenvalue weighted by Gasteiger charge is 2.26. The van der Waals surface area contributed by atoms with Crippen LogP contribution in [0.2, 0.25) is 0 Å². The van der Waals surface area contributed by atoms with Gasteiger partial charge in [-0.05, 0) is 80.4 Å². The molecule has 2 rings (SSSR count). The van der Waals surface area contributed by atoms with Crippen LogP contribution in [-0.4, -0.2) is 36.3 Å². The lowest BCUT2D eigenvalue weighted by atomic mass is 9.92. The van der Waals surface area contributed by atoms with Crippen LogP contribution < -0.4 is 4.74 Å². The maximum atomic E-state index is 13.7. The van der Waals surface area contributed by atoms with Gasteiger partial charge in [0.05, 0.1) is 11.1 Å². The van der Waals surface area contributed by atoms with Crippen LogP contribution in [0.15, 0.2) is 16.6 Å². The Labute approximate surface area is 162 Å². The second-order valence-electron chi connectivity index (χ2n) is 7.57. The summed E-state index contributed by atoms with van der Waals surface area (Å²) in [6.07, 6.45) is 3.27. The summed E-state index contributed by atoms with van der Waals surface area (Å²) in [7, 11) is 0. The van der Waals surface area contributed by atoms with E-state index in [-0.39, 0.29) is 16.3 Å². The largest absolute Gasteiger partial charge is 0.490 e. The van der Waals surface area contributed by atoms with Crippen molar-refractivity contribution in [1.82, 2.24) is 4.90 Å². The van der Waals surface area contributed by atoms with Crippen molar-refractivity contribution in [2.24, 2.45) is 5.92 Å². The molecule has 1 fully saturated rings. The number of piperidine rings is 1. The van der Waals surface area contributed by atoms with Gasteiger partial charge in [-0.25, -0.2) is 9.18 Å². The minimum Gasteiger partial charge on any atom is -0.490 e. The fraction of sp³-hybridized carbons (Fsp3) is 0.632. The molecule has 1 heterocycles. The molecule has 0 radical (unpaired) electrons. The normalized spacial score (nSPS) is 15.8. The van der Waals surface area contributed by atoms with E-state index in [2.05, 4.69) is 15.9 Å². The molecule has 0 unspecified atom stereocenters. The van der Waals surface area contributed by atoms with E-state index in [0.717, 1.165) is 25.7 Å². The lowest BCUT2D eigenvalue weighted by molar-refractivity contribution is 0.0179. The van der Waals surface area contributed by atoms with E-state index in [9.17, 15) is 13.6 Å². The maximum Gasteiger partial charge on any atom is 0.410 e. The van der Waals surface area contributed by atoms with Gasteiger partial charge in [-0.2, -0.15) is 4.39 Å². The summed E-state index contributed by atoms with van der Waals surface area (Å²) < 4.78 is 38.0. The number of ether oxygens (including phenoxy) is 2. The second kappa shape index (κ2) is 9.02. The summed E-state index contributed by atoms with van der Waals surface area (Å²) in [4.78, 5) is 13.8. The van der Waals surface area contributed by atoms with Crippen molar-refractivity contribution in [2.75, 3.05) is 19.7 Å². The molecule has 1 aliphatic heterocycles. The van der Waals surface area contributed by atoms with Crippen molar-refractivity contribution in [2.45, 2.75) is 52.1 Å². The quantitative estimate of drug-likeness (QED) is 0.452. The van der Waals surface area contributed by atoms with E-state index in [4.69, 9.17) is 9.47 Å². The average Bonchev–Trinajstić information content (AvgIpc) is 2.57. The topological polar surface area (TPSA) is 38.8 Å². The monoisotopic (exact) mass is 433 g/mol. The number of nitrogens with zero attached hydrogens (tertiary/aromatic N) is 1. The van der Waals surface area contributed by atoms with E-state index in [1.54, 1.807) is 4.90 Å². The van der Waals surface area contributed by atoms with Crippen LogP contribution in [-0.2, 0) is 4.74 Å². The Bertz CT molecular complexity index is 626. The van der Waals surface area contributed by atoms with Gasteiger partial charge in [-0.1, -0.05) is 0 Å². The lowest BCUT2D eigenvalue weighted by Gasteiger charge is -2.33. The van der Waals surface area contributed by atoms with Crippen molar-refractivity contribution in [1.29, 1.82) is 0 Å². The predicted octanol–water partition coefficient (Wildman–Crippen LogP) is 5.53. The first kappa shape index (κ1) is 20.9. The fourth-order valence-electron chi connectivity index (χ4n) is 2.90. The number of halogens is 3. The molecule has 146 valence electrons. The Morgan fingerprint density at radius 1 is 1.23 bits per heavy atom. The molecule has 0 bridgehead atoms. The number of hydrogen-bond donors (Lipinski definition) is 0. The lowest BCUT2D eigenvalue weighted by Crippen LogP contribution is -2.41. The molecule has 4 nitrogen and oxygen atoms in total. The van der Waals surface area contributed by atoms with Gasteiger partial charge in [0.2, 0.25) is 5.82 Å². The van der Waals surface area contributed by atoms with E-state index in [0.29, 0.717) is 25.6 Å². The third-order valence-corrected chi connectivity index (χ3v) is 4.89. The van der Waals surface area contributed by atoms with Gasteiger partial charge in [-0.3, -0.25) is 0 Å². The van der Waals surface area contributed by atoms with Gasteiger partial charge in [-0.15, -0.1) is 0 Å². The van der Waals surface area contributed by atoms with Crippen molar-refractivity contribution in [3.8, 4) is 5.75 Å². The molecular formula is C19H26BrF2NO3. The van der Waals surface area contributed by atoms with Crippen molar-refractivity contribution >= 4 is 22.0 Å². The summed E-state index contributed by atoms with van der Waals surface area (Å²) in [5.74, 6) is -1.46. The highest BCUT2D eigenvalue weighted by atomic mass is 79.9. The molecule has 7 heteroatoms. The second-order valence-corrected chi connectivity index (χ2v) is 8.43. The van der Waals surface area contributed by atoms with E-state index >= 15 is 0 Å². The van der Waals surface area contributed by atoms with Gasteiger partial charge < -0.3 is 14.4 Å². The minimum absolute atomic E-state index is 0.0644. The van der Waals surface area contributed by atoms with Crippen LogP contribution in [0.25, 0.3) is 0 Å². The molecule has 0 N–H and O–H groups in total. The summed E-state index contributed by atoms with van der Waals surface area (Å²) >= 11 is 2.94. The van der Waals surface area contributed by atoms with Gasteiger partial charge in [0, 0.05) is 13.1 Å². The van der Waals surface area contributed by atoms with Crippen LogP contribution >= 0.6 is 15.9 Å². The van der Waals surface area contributed by atoms with Crippen molar-refractivity contribution in [3.05, 3.63) is 28.2 Å². The Morgan fingerprint density at radius 2 is 1.88 bits per heavy atom. The number of rotatable bonds is 5. The van der Waals surface area contributed by atoms with E-state index < -0.39 is 17.2 Å². The summed E-state index contributed by atoms with van der Waals surface area (Å²) in [6.45, 7) is 7.29. The molecular weight excluding hydrogens is 408 g/mol. The number of amides is 1. The number of carbonyl (C=O) groups excluding carboxylic acids is 1. The van der Waals surface area contributed by atoms with Gasteiger partial charge >= 0.3 is 6.09 Å². The third kappa shape index (κ3) is 6.11. The summed E-state index contributed by atoms with van der Waals surface area (Å²) in [5.41, 5.74) is -0.479.